The van der Waals surface area contributed by atoms with E-state index in [-0.39, 0.29) is 15.3 Å². The molecular formula is C15H24ClFINO3SSi. The highest BCUT2D eigenvalue weighted by Gasteiger charge is 2.28. The molecule has 1 aromatic rings. The van der Waals surface area contributed by atoms with E-state index in [0.29, 0.717) is 18.6 Å². The van der Waals surface area contributed by atoms with Crippen LogP contribution < -0.4 is 4.72 Å². The number of ether oxygens (including phenoxy) is 1. The summed E-state index contributed by atoms with van der Waals surface area (Å²) in [7, 11) is -4.88. The summed E-state index contributed by atoms with van der Waals surface area (Å²) in [6.45, 7) is 8.90. The number of sulfonamides is 1. The van der Waals surface area contributed by atoms with E-state index in [9.17, 15) is 12.8 Å². The van der Waals surface area contributed by atoms with E-state index in [4.69, 9.17) is 16.3 Å². The van der Waals surface area contributed by atoms with Crippen molar-refractivity contribution in [3.8, 4) is 0 Å². The zero-order chi connectivity index (χ0) is 18.5. The van der Waals surface area contributed by atoms with Crippen LogP contribution >= 0.6 is 34.2 Å². The van der Waals surface area contributed by atoms with Gasteiger partial charge in [-0.25, -0.2) is 12.8 Å². The second-order valence-corrected chi connectivity index (χ2v) is 15.7. The number of rotatable bonds is 9. The van der Waals surface area contributed by atoms with E-state index < -0.39 is 29.2 Å². The van der Waals surface area contributed by atoms with Gasteiger partial charge in [0, 0.05) is 14.7 Å². The first kappa shape index (κ1) is 22.3. The summed E-state index contributed by atoms with van der Waals surface area (Å²) in [6.07, 6.45) is 0.325. The summed E-state index contributed by atoms with van der Waals surface area (Å²) in [4.78, 5) is 0. The van der Waals surface area contributed by atoms with Crippen molar-refractivity contribution in [2.75, 3.05) is 13.3 Å². The Morgan fingerprint density at radius 2 is 2.00 bits per heavy atom. The lowest BCUT2D eigenvalue weighted by Gasteiger charge is -2.20. The van der Waals surface area contributed by atoms with Crippen LogP contribution in [0.4, 0.5) is 4.39 Å². The van der Waals surface area contributed by atoms with Crippen molar-refractivity contribution < 1.29 is 17.5 Å². The van der Waals surface area contributed by atoms with Crippen molar-refractivity contribution in [3.63, 3.8) is 0 Å². The van der Waals surface area contributed by atoms with Crippen LogP contribution in [0.15, 0.2) is 12.1 Å². The standard InChI is InChI=1S/C15H24ClFINO3SSi/c1-5-13(11-6-7-12(17)15(18)14(11)16)23(20,21)19-10-22-8-9-24(2,3)4/h6-7,13,19H,5,8-10H2,1-4H3. The fraction of sp³-hybridized carbons (Fsp3) is 0.600. The molecule has 0 spiro atoms. The predicted octanol–water partition coefficient (Wildman–Crippen LogP) is 4.77. The second kappa shape index (κ2) is 9.27. The normalized spacial score (nSPS) is 14.0. The topological polar surface area (TPSA) is 55.4 Å². The maximum atomic E-state index is 13.5. The lowest BCUT2D eigenvalue weighted by atomic mass is 10.1. The van der Waals surface area contributed by atoms with Crippen LogP contribution in [0.2, 0.25) is 30.7 Å². The Morgan fingerprint density at radius 1 is 1.38 bits per heavy atom. The van der Waals surface area contributed by atoms with Gasteiger partial charge in [0.05, 0.1) is 8.59 Å². The molecule has 1 aromatic carbocycles. The van der Waals surface area contributed by atoms with Gasteiger partial charge in [0.25, 0.3) is 0 Å². The maximum Gasteiger partial charge on any atom is 0.220 e. The second-order valence-electron chi connectivity index (χ2n) is 6.71. The molecule has 0 saturated carbocycles. The highest BCUT2D eigenvalue weighted by Crippen LogP contribution is 2.34. The minimum Gasteiger partial charge on any atom is -0.366 e. The van der Waals surface area contributed by atoms with Crippen LogP contribution in [0.1, 0.15) is 24.2 Å². The largest absolute Gasteiger partial charge is 0.366 e. The lowest BCUT2D eigenvalue weighted by Crippen LogP contribution is -2.32. The molecule has 0 bridgehead atoms. The average Bonchev–Trinajstić information content (AvgIpc) is 2.46. The zero-order valence-corrected chi connectivity index (χ0v) is 19.1. The van der Waals surface area contributed by atoms with Crippen molar-refractivity contribution in [3.05, 3.63) is 32.1 Å². The third kappa shape index (κ3) is 6.53. The molecule has 9 heteroatoms. The average molecular weight is 508 g/mol. The van der Waals surface area contributed by atoms with Gasteiger partial charge in [0.15, 0.2) is 0 Å². The maximum absolute atomic E-state index is 13.5. The van der Waals surface area contributed by atoms with Crippen molar-refractivity contribution in [1.82, 2.24) is 4.72 Å². The van der Waals surface area contributed by atoms with Crippen LogP contribution in [0.3, 0.4) is 0 Å². The van der Waals surface area contributed by atoms with Crippen LogP contribution in [0.5, 0.6) is 0 Å². The van der Waals surface area contributed by atoms with Crippen molar-refractivity contribution >= 4 is 52.3 Å². The molecule has 0 amide bonds. The molecule has 138 valence electrons. The third-order valence-corrected chi connectivity index (χ3v) is 8.86. The minimum atomic E-state index is -3.67. The van der Waals surface area contributed by atoms with E-state index in [0.717, 1.165) is 6.04 Å². The van der Waals surface area contributed by atoms with Crippen LogP contribution in [-0.2, 0) is 14.8 Å². The van der Waals surface area contributed by atoms with Gasteiger partial charge < -0.3 is 4.74 Å². The first-order chi connectivity index (χ1) is 11.0. The summed E-state index contributed by atoms with van der Waals surface area (Å²) in [5.74, 6) is -0.459. The summed E-state index contributed by atoms with van der Waals surface area (Å²) in [5.41, 5.74) is 0.402. The molecule has 0 aliphatic carbocycles. The first-order valence-corrected chi connectivity index (χ1v) is 14.4. The highest BCUT2D eigenvalue weighted by atomic mass is 127. The summed E-state index contributed by atoms with van der Waals surface area (Å²) >= 11 is 7.92. The van der Waals surface area contributed by atoms with Gasteiger partial charge in [-0.15, -0.1) is 0 Å². The number of benzene rings is 1. The quantitative estimate of drug-likeness (QED) is 0.172. The van der Waals surface area contributed by atoms with E-state index in [2.05, 4.69) is 24.4 Å². The third-order valence-electron chi connectivity index (χ3n) is 3.52. The van der Waals surface area contributed by atoms with Crippen molar-refractivity contribution in [2.45, 2.75) is 44.3 Å². The van der Waals surface area contributed by atoms with Gasteiger partial charge >= 0.3 is 0 Å². The van der Waals surface area contributed by atoms with Gasteiger partial charge in [0.1, 0.15) is 17.8 Å². The number of halogens is 3. The Morgan fingerprint density at radius 3 is 2.54 bits per heavy atom. The molecule has 1 unspecified atom stereocenters. The summed E-state index contributed by atoms with van der Waals surface area (Å²) in [5, 5.41) is -0.702. The first-order valence-electron chi connectivity index (χ1n) is 7.69. The zero-order valence-electron chi connectivity index (χ0n) is 14.3. The molecule has 4 nitrogen and oxygen atoms in total. The number of hydrogen-bond donors (Lipinski definition) is 1. The molecular weight excluding hydrogens is 484 g/mol. The molecule has 0 aliphatic rings. The summed E-state index contributed by atoms with van der Waals surface area (Å²) in [6, 6.07) is 3.64. The Hall–Kier alpha value is 0.257. The predicted molar refractivity (Wildman–Crippen MR) is 108 cm³/mol. The number of hydrogen-bond acceptors (Lipinski definition) is 3. The smallest absolute Gasteiger partial charge is 0.220 e. The fourth-order valence-corrected chi connectivity index (χ4v) is 5.09. The van der Waals surface area contributed by atoms with E-state index in [1.54, 1.807) is 29.5 Å². The van der Waals surface area contributed by atoms with Crippen LogP contribution in [-0.4, -0.2) is 29.8 Å². The van der Waals surface area contributed by atoms with Crippen LogP contribution in [0.25, 0.3) is 0 Å². The molecule has 0 fully saturated rings. The monoisotopic (exact) mass is 507 g/mol. The van der Waals surface area contributed by atoms with Gasteiger partial charge in [0.2, 0.25) is 10.0 Å². The summed E-state index contributed by atoms with van der Waals surface area (Å²) < 4.78 is 46.7. The Bertz CT molecular complexity index is 667. The molecule has 1 rings (SSSR count). The van der Waals surface area contributed by atoms with E-state index >= 15 is 0 Å². The molecule has 1 N–H and O–H groups in total. The van der Waals surface area contributed by atoms with Gasteiger partial charge in [-0.3, -0.25) is 0 Å². The van der Waals surface area contributed by atoms with Gasteiger partial charge in [-0.05, 0) is 46.7 Å². The van der Waals surface area contributed by atoms with E-state index in [1.807, 2.05) is 0 Å². The molecule has 0 saturated heterocycles. The minimum absolute atomic E-state index is 0.0702. The van der Waals surface area contributed by atoms with Gasteiger partial charge in [-0.1, -0.05) is 44.2 Å². The highest BCUT2D eigenvalue weighted by molar-refractivity contribution is 14.1. The van der Waals surface area contributed by atoms with Crippen molar-refractivity contribution in [1.29, 1.82) is 0 Å². The molecule has 0 heterocycles. The van der Waals surface area contributed by atoms with E-state index in [1.165, 1.54) is 12.1 Å². The lowest BCUT2D eigenvalue weighted by molar-refractivity contribution is 0.143. The van der Waals surface area contributed by atoms with Crippen LogP contribution in [0, 0.1) is 9.39 Å². The Balaban J connectivity index is 2.78. The SMILES string of the molecule is CCC(c1ccc(F)c(I)c1Cl)S(=O)(=O)NCOCC[Si](C)(C)C. The fourth-order valence-electron chi connectivity index (χ4n) is 2.07. The number of nitrogens with one attached hydrogen (secondary N) is 1. The Kier molecular flexibility index (Phi) is 8.61. The van der Waals surface area contributed by atoms with Gasteiger partial charge in [-0.2, -0.15) is 4.72 Å². The molecule has 0 radical (unpaired) electrons. The molecule has 24 heavy (non-hydrogen) atoms. The Labute approximate surface area is 163 Å². The molecule has 0 aromatic heterocycles. The van der Waals surface area contributed by atoms with Crippen molar-refractivity contribution in [2.24, 2.45) is 0 Å². The molecule has 0 aliphatic heterocycles. The molecule has 1 atom stereocenters.